The molecule has 0 unspecified atom stereocenters. The Morgan fingerprint density at radius 2 is 2.10 bits per heavy atom. The summed E-state index contributed by atoms with van der Waals surface area (Å²) in [5.41, 5.74) is -0.0211. The lowest BCUT2D eigenvalue weighted by molar-refractivity contribution is 0.469. The summed E-state index contributed by atoms with van der Waals surface area (Å²) in [6.45, 7) is 0.261. The van der Waals surface area contributed by atoms with Gasteiger partial charge >= 0.3 is 0 Å². The van der Waals surface area contributed by atoms with Crippen molar-refractivity contribution in [1.82, 2.24) is 4.31 Å². The van der Waals surface area contributed by atoms with Crippen LogP contribution in [-0.4, -0.2) is 19.8 Å². The molecule has 20 heavy (non-hydrogen) atoms. The van der Waals surface area contributed by atoms with E-state index in [2.05, 4.69) is 0 Å². The number of rotatable bonds is 4. The van der Waals surface area contributed by atoms with E-state index in [-0.39, 0.29) is 22.0 Å². The molecule has 7 heteroatoms. The van der Waals surface area contributed by atoms with Gasteiger partial charge in [-0.15, -0.1) is 11.3 Å². The zero-order valence-corrected chi connectivity index (χ0v) is 13.0. The summed E-state index contributed by atoms with van der Waals surface area (Å²) in [6, 6.07) is 9.99. The average molecular weight is 327 g/mol. The molecule has 1 heterocycles. The van der Waals surface area contributed by atoms with Gasteiger partial charge in [0.15, 0.2) is 0 Å². The summed E-state index contributed by atoms with van der Waals surface area (Å²) in [5.74, 6) is 0. The van der Waals surface area contributed by atoms with Gasteiger partial charge in [-0.3, -0.25) is 0 Å². The molecular formula is C13H11ClN2O2S2. The van der Waals surface area contributed by atoms with E-state index >= 15 is 0 Å². The Hall–Kier alpha value is -1.39. The molecule has 2 aromatic rings. The maximum atomic E-state index is 12.5. The van der Waals surface area contributed by atoms with Gasteiger partial charge in [0.2, 0.25) is 10.0 Å². The summed E-state index contributed by atoms with van der Waals surface area (Å²) < 4.78 is 26.2. The first-order valence-corrected chi connectivity index (χ1v) is 8.34. The van der Waals surface area contributed by atoms with Crippen LogP contribution < -0.4 is 0 Å². The van der Waals surface area contributed by atoms with Crippen molar-refractivity contribution >= 4 is 33.0 Å². The van der Waals surface area contributed by atoms with Crippen LogP contribution in [0.3, 0.4) is 0 Å². The lowest BCUT2D eigenvalue weighted by Crippen LogP contribution is -2.26. The van der Waals surface area contributed by atoms with Crippen LogP contribution in [0.2, 0.25) is 5.02 Å². The van der Waals surface area contributed by atoms with Gasteiger partial charge in [0.05, 0.1) is 10.6 Å². The van der Waals surface area contributed by atoms with Crippen LogP contribution >= 0.6 is 22.9 Å². The van der Waals surface area contributed by atoms with E-state index in [1.54, 1.807) is 0 Å². The summed E-state index contributed by atoms with van der Waals surface area (Å²) in [4.78, 5) is 0.864. The normalized spacial score (nSPS) is 11.5. The second-order valence-corrected chi connectivity index (χ2v) is 7.52. The SMILES string of the molecule is CN(Cc1cccs1)S(=O)(=O)c1cccc(Cl)c1C#N. The van der Waals surface area contributed by atoms with E-state index < -0.39 is 10.0 Å². The second-order valence-electron chi connectivity index (χ2n) is 4.07. The lowest BCUT2D eigenvalue weighted by Gasteiger charge is -2.17. The molecule has 0 spiro atoms. The van der Waals surface area contributed by atoms with Crippen molar-refractivity contribution in [2.75, 3.05) is 7.05 Å². The maximum Gasteiger partial charge on any atom is 0.244 e. The fourth-order valence-electron chi connectivity index (χ4n) is 1.70. The second kappa shape index (κ2) is 5.94. The number of thiophene rings is 1. The average Bonchev–Trinajstić information content (AvgIpc) is 2.91. The predicted octanol–water partition coefficient (Wildman–Crippen LogP) is 3.09. The Morgan fingerprint density at radius 3 is 2.70 bits per heavy atom. The van der Waals surface area contributed by atoms with E-state index in [1.807, 2.05) is 23.6 Å². The van der Waals surface area contributed by atoms with Crippen LogP contribution in [0.1, 0.15) is 10.4 Å². The van der Waals surface area contributed by atoms with Crippen LogP contribution in [0.5, 0.6) is 0 Å². The van der Waals surface area contributed by atoms with Crippen molar-refractivity contribution in [3.8, 4) is 6.07 Å². The monoisotopic (exact) mass is 326 g/mol. The molecule has 2 rings (SSSR count). The van der Waals surface area contributed by atoms with Gasteiger partial charge in [0, 0.05) is 18.5 Å². The summed E-state index contributed by atoms with van der Waals surface area (Å²) in [7, 11) is -2.26. The Balaban J connectivity index is 2.41. The molecule has 0 radical (unpaired) electrons. The van der Waals surface area contributed by atoms with E-state index in [1.165, 1.54) is 40.9 Å². The van der Waals surface area contributed by atoms with Gasteiger partial charge in [0.1, 0.15) is 11.0 Å². The Labute approximate surface area is 126 Å². The van der Waals surface area contributed by atoms with E-state index in [0.717, 1.165) is 4.88 Å². The van der Waals surface area contributed by atoms with Gasteiger partial charge in [-0.1, -0.05) is 23.7 Å². The minimum absolute atomic E-state index is 0.0211. The van der Waals surface area contributed by atoms with E-state index in [9.17, 15) is 8.42 Å². The molecule has 1 aromatic carbocycles. The highest BCUT2D eigenvalue weighted by atomic mass is 35.5. The number of nitrogens with zero attached hydrogens (tertiary/aromatic N) is 2. The van der Waals surface area contributed by atoms with Gasteiger partial charge in [-0.2, -0.15) is 9.57 Å². The number of benzene rings is 1. The standard InChI is InChI=1S/C13H11ClN2O2S2/c1-16(9-10-4-3-7-19-10)20(17,18)13-6-2-5-12(14)11(13)8-15/h2-7H,9H2,1H3. The molecule has 4 nitrogen and oxygen atoms in total. The molecule has 0 fully saturated rings. The maximum absolute atomic E-state index is 12.5. The number of sulfonamides is 1. The summed E-state index contributed by atoms with van der Waals surface area (Å²) in [5, 5.41) is 11.1. The van der Waals surface area contributed by atoms with E-state index in [0.29, 0.717) is 0 Å². The third-order valence-corrected chi connectivity index (χ3v) is 5.76. The fraction of sp³-hybridized carbons (Fsp3) is 0.154. The predicted molar refractivity (Wildman–Crippen MR) is 79.1 cm³/mol. The molecule has 0 aliphatic heterocycles. The summed E-state index contributed by atoms with van der Waals surface area (Å²) >= 11 is 7.36. The minimum atomic E-state index is -3.75. The first kappa shape index (κ1) is 15.0. The largest absolute Gasteiger partial charge is 0.244 e. The first-order chi connectivity index (χ1) is 9.46. The molecule has 0 N–H and O–H groups in total. The molecule has 0 aliphatic rings. The Kier molecular flexibility index (Phi) is 4.45. The van der Waals surface area contributed by atoms with Crippen LogP contribution in [-0.2, 0) is 16.6 Å². The number of nitriles is 1. The van der Waals surface area contributed by atoms with E-state index in [4.69, 9.17) is 16.9 Å². The van der Waals surface area contributed by atoms with Gasteiger partial charge in [0.25, 0.3) is 0 Å². The number of halogens is 1. The molecule has 0 saturated carbocycles. The van der Waals surface area contributed by atoms with Crippen LogP contribution in [0.25, 0.3) is 0 Å². The highest BCUT2D eigenvalue weighted by Crippen LogP contribution is 2.26. The van der Waals surface area contributed by atoms with Crippen molar-refractivity contribution in [2.24, 2.45) is 0 Å². The van der Waals surface area contributed by atoms with Crippen molar-refractivity contribution in [3.63, 3.8) is 0 Å². The van der Waals surface area contributed by atoms with Gasteiger partial charge < -0.3 is 0 Å². The highest BCUT2D eigenvalue weighted by Gasteiger charge is 2.25. The summed E-state index contributed by atoms with van der Waals surface area (Å²) in [6.07, 6.45) is 0. The zero-order valence-electron chi connectivity index (χ0n) is 10.6. The van der Waals surface area contributed by atoms with Crippen molar-refractivity contribution < 1.29 is 8.42 Å². The van der Waals surface area contributed by atoms with Gasteiger partial charge in [-0.05, 0) is 23.6 Å². The molecule has 0 atom stereocenters. The molecule has 0 bridgehead atoms. The Bertz CT molecular complexity index is 749. The highest BCUT2D eigenvalue weighted by molar-refractivity contribution is 7.89. The molecule has 104 valence electrons. The minimum Gasteiger partial charge on any atom is -0.207 e. The van der Waals surface area contributed by atoms with Crippen LogP contribution in [0.4, 0.5) is 0 Å². The molecule has 0 amide bonds. The van der Waals surface area contributed by atoms with Crippen molar-refractivity contribution in [1.29, 1.82) is 5.26 Å². The lowest BCUT2D eigenvalue weighted by atomic mass is 10.2. The molecule has 0 aliphatic carbocycles. The number of hydrogen-bond donors (Lipinski definition) is 0. The molecular weight excluding hydrogens is 316 g/mol. The Morgan fingerprint density at radius 1 is 1.35 bits per heavy atom. The zero-order chi connectivity index (χ0) is 14.8. The first-order valence-electron chi connectivity index (χ1n) is 5.64. The van der Waals surface area contributed by atoms with Gasteiger partial charge in [-0.25, -0.2) is 8.42 Å². The van der Waals surface area contributed by atoms with Crippen molar-refractivity contribution in [3.05, 3.63) is 51.2 Å². The molecule has 1 aromatic heterocycles. The quantitative estimate of drug-likeness (QED) is 0.867. The van der Waals surface area contributed by atoms with Crippen LogP contribution in [0.15, 0.2) is 40.6 Å². The topological polar surface area (TPSA) is 61.2 Å². The number of hydrogen-bond acceptors (Lipinski definition) is 4. The van der Waals surface area contributed by atoms with Crippen molar-refractivity contribution in [2.45, 2.75) is 11.4 Å². The third-order valence-electron chi connectivity index (χ3n) is 2.73. The molecule has 0 saturated heterocycles. The smallest absolute Gasteiger partial charge is 0.207 e. The van der Waals surface area contributed by atoms with Crippen LogP contribution in [0, 0.1) is 11.3 Å². The fourth-order valence-corrected chi connectivity index (χ4v) is 4.12. The third kappa shape index (κ3) is 2.86.